The minimum atomic E-state index is -0.681. The molecule has 0 N–H and O–H groups in total. The van der Waals surface area contributed by atoms with Crippen LogP contribution in [0.3, 0.4) is 0 Å². The van der Waals surface area contributed by atoms with Gasteiger partial charge in [-0.25, -0.2) is 4.39 Å². The normalized spacial score (nSPS) is 20.0. The first-order valence-corrected chi connectivity index (χ1v) is 8.41. The molecule has 0 aliphatic carbocycles. The maximum atomic E-state index is 13.9. The van der Waals surface area contributed by atoms with Gasteiger partial charge in [0.1, 0.15) is 5.82 Å². The predicted molar refractivity (Wildman–Crippen MR) is 91.5 cm³/mol. The quantitative estimate of drug-likeness (QED) is 0.587. The van der Waals surface area contributed by atoms with E-state index < -0.39 is 30.0 Å². The third-order valence-corrected chi connectivity index (χ3v) is 4.97. The van der Waals surface area contributed by atoms with E-state index in [4.69, 9.17) is 25.6 Å². The van der Waals surface area contributed by atoms with E-state index >= 15 is 0 Å². The number of benzene rings is 1. The highest BCUT2D eigenvalue weighted by Crippen LogP contribution is 2.42. The van der Waals surface area contributed by atoms with E-state index in [1.165, 1.54) is 12.1 Å². The highest BCUT2D eigenvalue weighted by atomic mass is 35.5. The molecule has 0 saturated carbocycles. The molecule has 0 radical (unpaired) electrons. The maximum Gasteiger partial charge on any atom is 0.466 e. The number of carbonyl (C=O) groups excluding carboxylic acids is 1. The van der Waals surface area contributed by atoms with Crippen LogP contribution in [0.15, 0.2) is 18.2 Å². The molecule has 1 aliphatic heterocycles. The molecule has 0 spiro atoms. The summed E-state index contributed by atoms with van der Waals surface area (Å²) in [4.78, 5) is 12.0. The van der Waals surface area contributed by atoms with Crippen LogP contribution in [0.25, 0.3) is 0 Å². The van der Waals surface area contributed by atoms with E-state index in [2.05, 4.69) is 0 Å². The Labute approximate surface area is 147 Å². The monoisotopic (exact) mass is 356 g/mol. The largest absolute Gasteiger partial charge is 0.466 e. The van der Waals surface area contributed by atoms with Crippen molar-refractivity contribution in [3.63, 3.8) is 0 Å². The topological polar surface area (TPSA) is 44.8 Å². The molecule has 1 aromatic carbocycles. The molecule has 132 valence electrons. The van der Waals surface area contributed by atoms with Gasteiger partial charge in [0, 0.05) is 5.82 Å². The van der Waals surface area contributed by atoms with Gasteiger partial charge in [0.05, 0.1) is 29.3 Å². The van der Waals surface area contributed by atoms with Crippen LogP contribution in [0.1, 0.15) is 52.4 Å². The van der Waals surface area contributed by atoms with Gasteiger partial charge in [0.15, 0.2) is 0 Å². The van der Waals surface area contributed by atoms with Crippen molar-refractivity contribution < 1.29 is 23.2 Å². The SMILES string of the molecule is CCOC(=O)CC(B1OC(C)(C)C(C)(C)O1)c1ccc(Cl)c(F)c1. The lowest BCUT2D eigenvalue weighted by Crippen LogP contribution is -2.41. The molecule has 1 heterocycles. The molecule has 0 aromatic heterocycles. The van der Waals surface area contributed by atoms with Crippen molar-refractivity contribution in [2.24, 2.45) is 0 Å². The van der Waals surface area contributed by atoms with E-state index in [0.717, 1.165) is 0 Å². The van der Waals surface area contributed by atoms with Crippen LogP contribution in [0, 0.1) is 5.82 Å². The number of hydrogen-bond acceptors (Lipinski definition) is 4. The molecule has 1 saturated heterocycles. The van der Waals surface area contributed by atoms with Crippen LogP contribution < -0.4 is 0 Å². The first kappa shape index (κ1) is 19.2. The smallest absolute Gasteiger partial charge is 0.466 e. The second kappa shape index (κ2) is 7.02. The summed E-state index contributed by atoms with van der Waals surface area (Å²) in [6.07, 6.45) is 0.0335. The lowest BCUT2D eigenvalue weighted by Gasteiger charge is -2.32. The van der Waals surface area contributed by atoms with E-state index in [9.17, 15) is 9.18 Å². The predicted octanol–water partition coefficient (Wildman–Crippen LogP) is 4.15. The third kappa shape index (κ3) is 3.93. The molecule has 1 unspecified atom stereocenters. The molecular weight excluding hydrogens is 333 g/mol. The minimum Gasteiger partial charge on any atom is -0.466 e. The Balaban J connectivity index is 2.33. The summed E-state index contributed by atoms with van der Waals surface area (Å²) in [5.74, 6) is -1.41. The van der Waals surface area contributed by atoms with Gasteiger partial charge < -0.3 is 14.0 Å². The Hall–Kier alpha value is -1.11. The van der Waals surface area contributed by atoms with Crippen LogP contribution in [-0.4, -0.2) is 30.9 Å². The first-order chi connectivity index (χ1) is 11.1. The zero-order chi connectivity index (χ0) is 18.1. The molecule has 24 heavy (non-hydrogen) atoms. The van der Waals surface area contributed by atoms with Crippen molar-refractivity contribution in [3.05, 3.63) is 34.6 Å². The molecule has 1 fully saturated rings. The molecule has 4 nitrogen and oxygen atoms in total. The Kier molecular flexibility index (Phi) is 5.62. The average Bonchev–Trinajstić information content (AvgIpc) is 2.68. The van der Waals surface area contributed by atoms with E-state index in [1.807, 2.05) is 27.7 Å². The lowest BCUT2D eigenvalue weighted by atomic mass is 9.66. The molecule has 0 amide bonds. The van der Waals surface area contributed by atoms with Crippen molar-refractivity contribution >= 4 is 24.7 Å². The number of ether oxygens (including phenoxy) is 1. The highest BCUT2D eigenvalue weighted by Gasteiger charge is 2.54. The van der Waals surface area contributed by atoms with Gasteiger partial charge in [0.2, 0.25) is 0 Å². The summed E-state index contributed by atoms with van der Waals surface area (Å²) < 4.78 is 31.0. The summed E-state index contributed by atoms with van der Waals surface area (Å²) in [6.45, 7) is 9.73. The van der Waals surface area contributed by atoms with E-state index in [-0.39, 0.29) is 24.0 Å². The molecule has 7 heteroatoms. The summed E-state index contributed by atoms with van der Waals surface area (Å²) >= 11 is 5.76. The van der Waals surface area contributed by atoms with Gasteiger partial charge in [-0.2, -0.15) is 0 Å². The van der Waals surface area contributed by atoms with Crippen LogP contribution in [-0.2, 0) is 18.8 Å². The lowest BCUT2D eigenvalue weighted by molar-refractivity contribution is -0.143. The van der Waals surface area contributed by atoms with Gasteiger partial charge in [-0.1, -0.05) is 17.7 Å². The van der Waals surface area contributed by atoms with Crippen molar-refractivity contribution in [2.45, 2.75) is 58.1 Å². The highest BCUT2D eigenvalue weighted by molar-refractivity contribution is 6.48. The molecule has 0 bridgehead atoms. The second-order valence-electron chi connectivity index (χ2n) is 6.91. The van der Waals surface area contributed by atoms with Crippen LogP contribution in [0.5, 0.6) is 0 Å². The Morgan fingerprint density at radius 3 is 2.38 bits per heavy atom. The van der Waals surface area contributed by atoms with Gasteiger partial charge in [-0.3, -0.25) is 4.79 Å². The average molecular weight is 357 g/mol. The second-order valence-corrected chi connectivity index (χ2v) is 7.32. The third-order valence-electron chi connectivity index (χ3n) is 4.66. The maximum absolute atomic E-state index is 13.9. The van der Waals surface area contributed by atoms with Gasteiger partial charge in [0.25, 0.3) is 0 Å². The molecule has 1 atom stereocenters. The summed E-state index contributed by atoms with van der Waals surface area (Å²) in [5.41, 5.74) is -0.506. The number of carbonyl (C=O) groups is 1. The fraction of sp³-hybridized carbons (Fsp3) is 0.588. The molecule has 1 aromatic rings. The van der Waals surface area contributed by atoms with E-state index in [0.29, 0.717) is 5.56 Å². The first-order valence-electron chi connectivity index (χ1n) is 8.03. The Morgan fingerprint density at radius 2 is 1.88 bits per heavy atom. The minimum absolute atomic E-state index is 0.0301. The van der Waals surface area contributed by atoms with Gasteiger partial charge in [-0.05, 0) is 52.3 Å². The van der Waals surface area contributed by atoms with Crippen molar-refractivity contribution in [3.8, 4) is 0 Å². The van der Waals surface area contributed by atoms with E-state index in [1.54, 1.807) is 13.0 Å². The Bertz CT molecular complexity index is 605. The van der Waals surface area contributed by atoms with Gasteiger partial charge >= 0.3 is 13.1 Å². The number of hydrogen-bond donors (Lipinski definition) is 0. The number of esters is 1. The van der Waals surface area contributed by atoms with Crippen molar-refractivity contribution in [1.29, 1.82) is 0 Å². The molecule has 1 aliphatic rings. The zero-order valence-electron chi connectivity index (χ0n) is 14.7. The zero-order valence-corrected chi connectivity index (χ0v) is 15.4. The number of halogens is 2. The molecular formula is C17H23BClFO4. The summed E-state index contributed by atoms with van der Waals surface area (Å²) in [6, 6.07) is 4.47. The Morgan fingerprint density at radius 1 is 1.29 bits per heavy atom. The fourth-order valence-corrected chi connectivity index (χ4v) is 2.68. The molecule has 2 rings (SSSR count). The van der Waals surface area contributed by atoms with Crippen LogP contribution >= 0.6 is 11.6 Å². The van der Waals surface area contributed by atoms with Crippen molar-refractivity contribution in [1.82, 2.24) is 0 Å². The summed E-state index contributed by atoms with van der Waals surface area (Å²) in [7, 11) is -0.681. The number of rotatable bonds is 5. The fourth-order valence-electron chi connectivity index (χ4n) is 2.57. The standard InChI is InChI=1S/C17H23BClFO4/c1-6-22-15(21)10-12(11-7-8-13(19)14(20)9-11)18-23-16(2,3)17(4,5)24-18/h7-9,12H,6,10H2,1-5H3. The van der Waals surface area contributed by atoms with Crippen molar-refractivity contribution in [2.75, 3.05) is 6.61 Å². The van der Waals surface area contributed by atoms with Crippen LogP contribution in [0.4, 0.5) is 4.39 Å². The summed E-state index contributed by atoms with van der Waals surface area (Å²) in [5, 5.41) is 0.0301. The van der Waals surface area contributed by atoms with Gasteiger partial charge in [-0.15, -0.1) is 0 Å². The van der Waals surface area contributed by atoms with Crippen LogP contribution in [0.2, 0.25) is 5.02 Å².